The molecule has 0 unspecified atom stereocenters. The zero-order chi connectivity index (χ0) is 9.84. The minimum atomic E-state index is 0.430. The molecule has 0 N–H and O–H groups in total. The molecular formula is C8H10O4S. The van der Waals surface area contributed by atoms with Gasteiger partial charge in [-0.05, 0) is 0 Å². The summed E-state index contributed by atoms with van der Waals surface area (Å²) in [6, 6.07) is 0. The molecule has 0 spiro atoms. The van der Waals surface area contributed by atoms with E-state index in [9.17, 15) is 4.79 Å². The molecule has 5 heteroatoms. The van der Waals surface area contributed by atoms with E-state index in [0.29, 0.717) is 27.7 Å². The highest BCUT2D eigenvalue weighted by atomic mass is 32.1. The molecule has 1 heterocycles. The molecule has 1 rings (SSSR count). The van der Waals surface area contributed by atoms with Crippen LogP contribution in [0.15, 0.2) is 0 Å². The van der Waals surface area contributed by atoms with Crippen LogP contribution in [0, 0.1) is 0 Å². The number of rotatable bonds is 4. The van der Waals surface area contributed by atoms with Gasteiger partial charge in [-0.15, -0.1) is 0 Å². The molecule has 0 aliphatic rings. The molecule has 0 bridgehead atoms. The number of hydrogen-bond donors (Lipinski definition) is 0. The van der Waals surface area contributed by atoms with Crippen molar-refractivity contribution >= 4 is 17.6 Å². The van der Waals surface area contributed by atoms with Crippen molar-refractivity contribution in [3.63, 3.8) is 0 Å². The molecule has 0 fully saturated rings. The molecule has 0 saturated heterocycles. The van der Waals surface area contributed by atoms with Gasteiger partial charge in [0.1, 0.15) is 4.88 Å². The van der Waals surface area contributed by atoms with E-state index in [1.807, 2.05) is 0 Å². The molecule has 13 heavy (non-hydrogen) atoms. The highest BCUT2D eigenvalue weighted by Crippen LogP contribution is 2.46. The minimum absolute atomic E-state index is 0.430. The summed E-state index contributed by atoms with van der Waals surface area (Å²) >= 11 is 1.19. The molecule has 0 amide bonds. The maximum Gasteiger partial charge on any atom is 0.221 e. The Morgan fingerprint density at radius 3 is 2.08 bits per heavy atom. The summed E-state index contributed by atoms with van der Waals surface area (Å²) in [6.45, 7) is 0. The predicted molar refractivity (Wildman–Crippen MR) is 49.4 cm³/mol. The van der Waals surface area contributed by atoms with Crippen molar-refractivity contribution in [1.29, 1.82) is 0 Å². The number of carbonyl (C=O) groups excluding carboxylic acids is 1. The quantitative estimate of drug-likeness (QED) is 0.695. The average Bonchev–Trinajstić information content (AvgIpc) is 2.54. The van der Waals surface area contributed by atoms with E-state index in [0.717, 1.165) is 0 Å². The van der Waals surface area contributed by atoms with Crippen molar-refractivity contribution in [2.75, 3.05) is 21.3 Å². The standard InChI is InChI=1S/C8H10O4S/c1-10-6-5(4-9)13-8(12-3)7(6)11-2/h4H,1-3H3. The second-order valence-corrected chi connectivity index (χ2v) is 3.16. The number of ether oxygens (including phenoxy) is 3. The first-order valence-electron chi connectivity index (χ1n) is 3.52. The van der Waals surface area contributed by atoms with Crippen LogP contribution in [0.1, 0.15) is 9.67 Å². The Morgan fingerprint density at radius 1 is 1.08 bits per heavy atom. The molecule has 0 aliphatic carbocycles. The normalized spacial score (nSPS) is 9.46. The second-order valence-electron chi connectivity index (χ2n) is 2.14. The van der Waals surface area contributed by atoms with Gasteiger partial charge < -0.3 is 14.2 Å². The molecule has 1 aromatic rings. The van der Waals surface area contributed by atoms with E-state index in [1.165, 1.54) is 32.7 Å². The summed E-state index contributed by atoms with van der Waals surface area (Å²) in [6.07, 6.45) is 0.717. The first-order chi connectivity index (χ1) is 6.28. The molecule has 1 aromatic heterocycles. The fourth-order valence-corrected chi connectivity index (χ4v) is 1.85. The fourth-order valence-electron chi connectivity index (χ4n) is 0.978. The van der Waals surface area contributed by atoms with Crippen molar-refractivity contribution in [1.82, 2.24) is 0 Å². The largest absolute Gasteiger partial charge is 0.491 e. The minimum Gasteiger partial charge on any atom is -0.491 e. The van der Waals surface area contributed by atoms with Gasteiger partial charge in [-0.1, -0.05) is 11.3 Å². The average molecular weight is 202 g/mol. The van der Waals surface area contributed by atoms with E-state index in [-0.39, 0.29) is 0 Å². The lowest BCUT2D eigenvalue weighted by atomic mass is 10.4. The lowest BCUT2D eigenvalue weighted by Gasteiger charge is -2.03. The Bertz CT molecular complexity index is 305. The highest BCUT2D eigenvalue weighted by Gasteiger charge is 2.19. The highest BCUT2D eigenvalue weighted by molar-refractivity contribution is 7.16. The van der Waals surface area contributed by atoms with Crippen molar-refractivity contribution < 1.29 is 19.0 Å². The topological polar surface area (TPSA) is 44.8 Å². The number of carbonyl (C=O) groups is 1. The van der Waals surface area contributed by atoms with Crippen LogP contribution in [0.25, 0.3) is 0 Å². The Kier molecular flexibility index (Phi) is 3.13. The molecule has 0 aromatic carbocycles. The maximum atomic E-state index is 10.6. The van der Waals surface area contributed by atoms with Gasteiger partial charge in [0, 0.05) is 0 Å². The molecular weight excluding hydrogens is 192 g/mol. The Balaban J connectivity index is 3.25. The van der Waals surface area contributed by atoms with Gasteiger partial charge in [0.2, 0.25) is 10.8 Å². The van der Waals surface area contributed by atoms with Crippen LogP contribution >= 0.6 is 11.3 Å². The summed E-state index contributed by atoms with van der Waals surface area (Å²) in [5.41, 5.74) is 0. The molecule has 0 saturated carbocycles. The summed E-state index contributed by atoms with van der Waals surface area (Å²) in [7, 11) is 4.50. The lowest BCUT2D eigenvalue weighted by molar-refractivity contribution is 0.112. The van der Waals surface area contributed by atoms with E-state index in [4.69, 9.17) is 14.2 Å². The SMILES string of the molecule is COc1sc(C=O)c(OC)c1OC. The smallest absolute Gasteiger partial charge is 0.221 e. The predicted octanol–water partition coefficient (Wildman–Crippen LogP) is 1.59. The third-order valence-electron chi connectivity index (χ3n) is 1.52. The summed E-state index contributed by atoms with van der Waals surface area (Å²) in [5.74, 6) is 0.899. The van der Waals surface area contributed by atoms with Crippen LogP contribution in [0.3, 0.4) is 0 Å². The van der Waals surface area contributed by atoms with Crippen LogP contribution in [0.4, 0.5) is 0 Å². The summed E-state index contributed by atoms with van der Waals surface area (Å²) < 4.78 is 15.1. The summed E-state index contributed by atoms with van der Waals surface area (Å²) in [5, 5.41) is 0.543. The van der Waals surface area contributed by atoms with Gasteiger partial charge in [-0.3, -0.25) is 4.79 Å². The summed E-state index contributed by atoms with van der Waals surface area (Å²) in [4.78, 5) is 11.1. The first kappa shape index (κ1) is 9.85. The van der Waals surface area contributed by atoms with Gasteiger partial charge in [0.05, 0.1) is 21.3 Å². The number of methoxy groups -OCH3 is 3. The van der Waals surface area contributed by atoms with Crippen molar-refractivity contribution in [3.05, 3.63) is 4.88 Å². The molecule has 0 aliphatic heterocycles. The van der Waals surface area contributed by atoms with Gasteiger partial charge in [-0.2, -0.15) is 0 Å². The van der Waals surface area contributed by atoms with Crippen LogP contribution in [-0.4, -0.2) is 27.6 Å². The zero-order valence-corrected chi connectivity index (χ0v) is 8.44. The third-order valence-corrected chi connectivity index (χ3v) is 2.56. The van der Waals surface area contributed by atoms with Crippen molar-refractivity contribution in [2.45, 2.75) is 0 Å². The van der Waals surface area contributed by atoms with Gasteiger partial charge in [-0.25, -0.2) is 0 Å². The van der Waals surface area contributed by atoms with Gasteiger partial charge in [0.15, 0.2) is 12.0 Å². The zero-order valence-electron chi connectivity index (χ0n) is 7.62. The van der Waals surface area contributed by atoms with Crippen LogP contribution in [0.5, 0.6) is 16.6 Å². The van der Waals surface area contributed by atoms with Crippen molar-refractivity contribution in [3.8, 4) is 16.6 Å². The van der Waals surface area contributed by atoms with E-state index in [2.05, 4.69) is 0 Å². The van der Waals surface area contributed by atoms with Gasteiger partial charge >= 0.3 is 0 Å². The van der Waals surface area contributed by atoms with E-state index >= 15 is 0 Å². The van der Waals surface area contributed by atoms with Crippen LogP contribution in [-0.2, 0) is 0 Å². The van der Waals surface area contributed by atoms with Crippen LogP contribution in [0.2, 0.25) is 0 Å². The Hall–Kier alpha value is -1.23. The Labute approximate surface area is 80.0 Å². The van der Waals surface area contributed by atoms with Crippen LogP contribution < -0.4 is 14.2 Å². The van der Waals surface area contributed by atoms with E-state index in [1.54, 1.807) is 0 Å². The number of thiophene rings is 1. The molecule has 4 nitrogen and oxygen atoms in total. The second kappa shape index (κ2) is 4.13. The third kappa shape index (κ3) is 1.60. The lowest BCUT2D eigenvalue weighted by Crippen LogP contribution is -1.90. The maximum absolute atomic E-state index is 10.6. The number of aldehydes is 1. The van der Waals surface area contributed by atoms with E-state index < -0.39 is 0 Å². The van der Waals surface area contributed by atoms with Crippen molar-refractivity contribution in [2.24, 2.45) is 0 Å². The molecule has 0 atom stereocenters. The molecule has 72 valence electrons. The molecule has 0 radical (unpaired) electrons. The number of hydrogen-bond acceptors (Lipinski definition) is 5. The first-order valence-corrected chi connectivity index (χ1v) is 4.34. The fraction of sp³-hybridized carbons (Fsp3) is 0.375. The Morgan fingerprint density at radius 2 is 1.69 bits per heavy atom. The monoisotopic (exact) mass is 202 g/mol. The van der Waals surface area contributed by atoms with Gasteiger partial charge in [0.25, 0.3) is 0 Å².